The van der Waals surface area contributed by atoms with Gasteiger partial charge in [0.2, 0.25) is 0 Å². The normalized spacial score (nSPS) is 16.9. The van der Waals surface area contributed by atoms with Crippen LogP contribution in [0, 0.1) is 0 Å². The van der Waals surface area contributed by atoms with Crippen LogP contribution in [0.4, 0.5) is 0 Å². The summed E-state index contributed by atoms with van der Waals surface area (Å²) >= 11 is 6.11. The minimum absolute atomic E-state index is 0.122. The molecule has 1 aliphatic rings. The number of carbonyl (C=O) groups is 1. The van der Waals surface area contributed by atoms with E-state index in [1.807, 2.05) is 30.3 Å². The third-order valence-electron chi connectivity index (χ3n) is 4.48. The van der Waals surface area contributed by atoms with E-state index in [1.165, 1.54) is 0 Å². The van der Waals surface area contributed by atoms with Crippen molar-refractivity contribution in [3.63, 3.8) is 0 Å². The fraction of sp³-hybridized carbons (Fsp3) is 0.250. The molecule has 0 saturated carbocycles. The van der Waals surface area contributed by atoms with Crippen LogP contribution in [0.15, 0.2) is 59.4 Å². The smallest absolute Gasteiger partial charge is 0.276 e. The average molecular weight is 384 g/mol. The monoisotopic (exact) mass is 383 g/mol. The van der Waals surface area contributed by atoms with Gasteiger partial charge in [-0.15, -0.1) is 0 Å². The molecular formula is C20H18ClN3O3. The number of hydrogen-bond donors (Lipinski definition) is 0. The highest BCUT2D eigenvalue weighted by molar-refractivity contribution is 6.31. The minimum atomic E-state index is -0.157. The van der Waals surface area contributed by atoms with Crippen LogP contribution in [0.5, 0.6) is 5.75 Å². The molecule has 1 aromatic carbocycles. The first-order chi connectivity index (χ1) is 13.2. The highest BCUT2D eigenvalue weighted by Gasteiger charge is 2.28. The largest absolute Gasteiger partial charge is 0.487 e. The Balaban J connectivity index is 1.44. The van der Waals surface area contributed by atoms with Gasteiger partial charge in [0, 0.05) is 36.6 Å². The second-order valence-corrected chi connectivity index (χ2v) is 6.79. The fourth-order valence-electron chi connectivity index (χ4n) is 3.13. The lowest BCUT2D eigenvalue weighted by Gasteiger charge is -2.32. The number of halogens is 1. The fourth-order valence-corrected chi connectivity index (χ4v) is 3.30. The summed E-state index contributed by atoms with van der Waals surface area (Å²) in [5.41, 5.74) is 1.19. The highest BCUT2D eigenvalue weighted by atomic mass is 35.5. The zero-order valence-corrected chi connectivity index (χ0v) is 15.3. The van der Waals surface area contributed by atoms with E-state index in [-0.39, 0.29) is 12.0 Å². The summed E-state index contributed by atoms with van der Waals surface area (Å²) < 4.78 is 11.3. The van der Waals surface area contributed by atoms with Crippen molar-refractivity contribution >= 4 is 17.5 Å². The van der Waals surface area contributed by atoms with Gasteiger partial charge in [0.05, 0.1) is 6.54 Å². The van der Waals surface area contributed by atoms with Gasteiger partial charge >= 0.3 is 0 Å². The Morgan fingerprint density at radius 2 is 2.11 bits per heavy atom. The zero-order valence-electron chi connectivity index (χ0n) is 14.5. The van der Waals surface area contributed by atoms with Crippen LogP contribution in [0.2, 0.25) is 5.02 Å². The Hall–Kier alpha value is -2.86. The first-order valence-corrected chi connectivity index (χ1v) is 9.16. The molecular weight excluding hydrogens is 366 g/mol. The van der Waals surface area contributed by atoms with Crippen molar-refractivity contribution in [3.05, 3.63) is 65.6 Å². The molecule has 3 aromatic rings. The summed E-state index contributed by atoms with van der Waals surface area (Å²) in [5.74, 6) is 1.00. The molecule has 4 rings (SSSR count). The van der Waals surface area contributed by atoms with Gasteiger partial charge in [-0.05, 0) is 12.8 Å². The number of nitrogens with zero attached hydrogens (tertiary/aromatic N) is 3. The van der Waals surface area contributed by atoms with Crippen molar-refractivity contribution in [2.45, 2.75) is 18.9 Å². The van der Waals surface area contributed by atoms with Crippen LogP contribution in [-0.4, -0.2) is 40.1 Å². The maximum atomic E-state index is 12.8. The van der Waals surface area contributed by atoms with Gasteiger partial charge in [0.15, 0.2) is 11.5 Å². The third-order valence-corrected chi connectivity index (χ3v) is 4.77. The van der Waals surface area contributed by atoms with Crippen LogP contribution in [0.25, 0.3) is 11.3 Å². The van der Waals surface area contributed by atoms with Gasteiger partial charge < -0.3 is 14.2 Å². The number of rotatable bonds is 4. The Morgan fingerprint density at radius 3 is 2.93 bits per heavy atom. The number of benzene rings is 1. The van der Waals surface area contributed by atoms with Gasteiger partial charge in [0.25, 0.3) is 5.91 Å². The molecule has 27 heavy (non-hydrogen) atoms. The van der Waals surface area contributed by atoms with E-state index in [1.54, 1.807) is 29.4 Å². The number of likely N-dealkylation sites (tertiary alicyclic amines) is 1. The number of carbonyl (C=O) groups excluding carboxylic acids is 1. The standard InChI is InChI=1S/C20H18ClN3O3/c21-16-12-22-9-8-18(16)26-15-7-4-10-24(13-15)20(25)17-11-19(27-23-17)14-5-2-1-3-6-14/h1-3,5-6,8-9,11-12,15H,4,7,10,13H2/t15-/m0/s1. The maximum absolute atomic E-state index is 12.8. The molecule has 1 fully saturated rings. The van der Waals surface area contributed by atoms with Crippen LogP contribution in [0.3, 0.4) is 0 Å². The third kappa shape index (κ3) is 3.95. The lowest BCUT2D eigenvalue weighted by molar-refractivity contribution is 0.0529. The van der Waals surface area contributed by atoms with Crippen molar-refractivity contribution in [1.29, 1.82) is 0 Å². The zero-order chi connectivity index (χ0) is 18.6. The molecule has 138 valence electrons. The molecule has 2 aromatic heterocycles. The van der Waals surface area contributed by atoms with E-state index < -0.39 is 0 Å². The molecule has 6 nitrogen and oxygen atoms in total. The predicted molar refractivity (Wildman–Crippen MR) is 101 cm³/mol. The first kappa shape index (κ1) is 17.5. The Kier molecular flexibility index (Phi) is 5.07. The number of aromatic nitrogens is 2. The summed E-state index contributed by atoms with van der Waals surface area (Å²) in [6.45, 7) is 1.14. The molecule has 0 spiro atoms. The number of hydrogen-bond acceptors (Lipinski definition) is 5. The number of piperidine rings is 1. The molecule has 0 N–H and O–H groups in total. The second-order valence-electron chi connectivity index (χ2n) is 6.38. The van der Waals surface area contributed by atoms with Crippen molar-refractivity contribution in [2.75, 3.05) is 13.1 Å². The molecule has 1 amide bonds. The lowest BCUT2D eigenvalue weighted by Crippen LogP contribution is -2.44. The summed E-state index contributed by atoms with van der Waals surface area (Å²) in [6, 6.07) is 13.0. The van der Waals surface area contributed by atoms with Crippen molar-refractivity contribution in [1.82, 2.24) is 15.0 Å². The van der Waals surface area contributed by atoms with Gasteiger partial charge in [0.1, 0.15) is 16.9 Å². The second kappa shape index (κ2) is 7.80. The summed E-state index contributed by atoms with van der Waals surface area (Å²) in [5, 5.41) is 4.42. The van der Waals surface area contributed by atoms with Gasteiger partial charge in [-0.2, -0.15) is 0 Å². The first-order valence-electron chi connectivity index (χ1n) is 8.78. The molecule has 3 heterocycles. The molecule has 1 atom stereocenters. The van der Waals surface area contributed by atoms with E-state index in [0.29, 0.717) is 35.3 Å². The van der Waals surface area contributed by atoms with Crippen LogP contribution in [0.1, 0.15) is 23.3 Å². The SMILES string of the molecule is O=C(c1cc(-c2ccccc2)on1)N1CCC[C@H](Oc2ccncc2Cl)C1. The Labute approximate surface area is 161 Å². The Bertz CT molecular complexity index is 929. The average Bonchev–Trinajstić information content (AvgIpc) is 3.20. The quantitative estimate of drug-likeness (QED) is 0.679. The summed E-state index contributed by atoms with van der Waals surface area (Å²) in [6.07, 6.45) is 4.76. The number of ether oxygens (including phenoxy) is 1. The molecule has 1 saturated heterocycles. The summed E-state index contributed by atoms with van der Waals surface area (Å²) in [4.78, 5) is 18.5. The van der Waals surface area contributed by atoms with E-state index in [0.717, 1.165) is 18.4 Å². The molecule has 0 bridgehead atoms. The number of pyridine rings is 1. The topological polar surface area (TPSA) is 68.5 Å². The van der Waals surface area contributed by atoms with Crippen molar-refractivity contribution in [2.24, 2.45) is 0 Å². The Morgan fingerprint density at radius 1 is 1.26 bits per heavy atom. The van der Waals surface area contributed by atoms with E-state index in [2.05, 4.69) is 10.1 Å². The van der Waals surface area contributed by atoms with Gasteiger partial charge in [-0.3, -0.25) is 9.78 Å². The van der Waals surface area contributed by atoms with E-state index in [9.17, 15) is 4.79 Å². The van der Waals surface area contributed by atoms with Gasteiger partial charge in [-0.1, -0.05) is 47.1 Å². The van der Waals surface area contributed by atoms with Crippen LogP contribution < -0.4 is 4.74 Å². The predicted octanol–water partition coefficient (Wildman–Crippen LogP) is 4.07. The van der Waals surface area contributed by atoms with Crippen molar-refractivity contribution < 1.29 is 14.1 Å². The molecule has 0 unspecified atom stereocenters. The lowest BCUT2D eigenvalue weighted by atomic mass is 10.1. The number of amides is 1. The van der Waals surface area contributed by atoms with Crippen LogP contribution >= 0.6 is 11.6 Å². The molecule has 7 heteroatoms. The maximum Gasteiger partial charge on any atom is 0.276 e. The van der Waals surface area contributed by atoms with Gasteiger partial charge in [-0.25, -0.2) is 0 Å². The molecule has 0 radical (unpaired) electrons. The van der Waals surface area contributed by atoms with Crippen molar-refractivity contribution in [3.8, 4) is 17.1 Å². The minimum Gasteiger partial charge on any atom is -0.487 e. The van der Waals surface area contributed by atoms with Crippen LogP contribution in [-0.2, 0) is 0 Å². The molecule has 0 aliphatic carbocycles. The summed E-state index contributed by atoms with van der Waals surface area (Å²) in [7, 11) is 0. The van der Waals surface area contributed by atoms with E-state index >= 15 is 0 Å². The highest BCUT2D eigenvalue weighted by Crippen LogP contribution is 2.26. The molecule has 1 aliphatic heterocycles. The van der Waals surface area contributed by atoms with E-state index in [4.69, 9.17) is 20.9 Å².